The van der Waals surface area contributed by atoms with Crippen LogP contribution in [-0.4, -0.2) is 11.2 Å². The number of aliphatic hydroxyl groups is 1. The van der Waals surface area contributed by atoms with E-state index in [1.807, 2.05) is 6.07 Å². The summed E-state index contributed by atoms with van der Waals surface area (Å²) >= 11 is 0. The van der Waals surface area contributed by atoms with Crippen LogP contribution < -0.4 is 0 Å². The number of hydrogen-bond donors (Lipinski definition) is 1. The summed E-state index contributed by atoms with van der Waals surface area (Å²) in [5, 5.41) is 9.54. The highest BCUT2D eigenvalue weighted by atomic mass is 16.3. The van der Waals surface area contributed by atoms with Gasteiger partial charge >= 0.3 is 0 Å². The van der Waals surface area contributed by atoms with Gasteiger partial charge in [0.25, 0.3) is 0 Å². The Balaban J connectivity index is 2.08. The van der Waals surface area contributed by atoms with Crippen LogP contribution in [0.15, 0.2) is 30.3 Å². The molecular formula is C12H16O. The minimum atomic E-state index is -0.0704. The molecule has 0 aromatic heterocycles. The third-order valence-electron chi connectivity index (χ3n) is 2.92. The molecule has 1 saturated carbocycles. The zero-order valence-electron chi connectivity index (χ0n) is 7.82. The van der Waals surface area contributed by atoms with Gasteiger partial charge in [0.15, 0.2) is 0 Å². The van der Waals surface area contributed by atoms with E-state index in [9.17, 15) is 5.11 Å². The van der Waals surface area contributed by atoms with Crippen molar-refractivity contribution in [3.63, 3.8) is 0 Å². The molecule has 0 aliphatic heterocycles. The Bertz CT molecular complexity index is 255. The van der Waals surface area contributed by atoms with E-state index in [1.54, 1.807) is 0 Å². The summed E-state index contributed by atoms with van der Waals surface area (Å²) in [5.41, 5.74) is 1.39. The molecule has 1 aromatic carbocycles. The smallest absolute Gasteiger partial charge is 0.0546 e. The molecule has 1 aromatic rings. The lowest BCUT2D eigenvalue weighted by Crippen LogP contribution is -2.17. The summed E-state index contributed by atoms with van der Waals surface area (Å²) in [7, 11) is 0. The SMILES string of the molecule is OC1CCCC(c2ccccc2)C1. The second-order valence-corrected chi connectivity index (χ2v) is 3.93. The topological polar surface area (TPSA) is 20.2 Å². The van der Waals surface area contributed by atoms with Gasteiger partial charge in [-0.3, -0.25) is 0 Å². The molecule has 2 atom stereocenters. The van der Waals surface area contributed by atoms with Crippen LogP contribution in [0.2, 0.25) is 0 Å². The Morgan fingerprint density at radius 2 is 1.85 bits per heavy atom. The molecule has 1 aliphatic rings. The van der Waals surface area contributed by atoms with Gasteiger partial charge in [0, 0.05) is 0 Å². The van der Waals surface area contributed by atoms with Gasteiger partial charge in [-0.05, 0) is 30.7 Å². The van der Waals surface area contributed by atoms with Crippen LogP contribution in [0, 0.1) is 0 Å². The first kappa shape index (κ1) is 8.76. The van der Waals surface area contributed by atoms with Crippen LogP contribution in [0.25, 0.3) is 0 Å². The maximum absolute atomic E-state index is 9.54. The Hall–Kier alpha value is -0.820. The minimum Gasteiger partial charge on any atom is -0.393 e. The number of rotatable bonds is 1. The quantitative estimate of drug-likeness (QED) is 0.697. The molecule has 2 rings (SSSR count). The molecule has 0 radical (unpaired) electrons. The third-order valence-corrected chi connectivity index (χ3v) is 2.92. The van der Waals surface area contributed by atoms with Crippen LogP contribution in [0.4, 0.5) is 0 Å². The van der Waals surface area contributed by atoms with Crippen molar-refractivity contribution in [1.29, 1.82) is 0 Å². The predicted molar refractivity (Wildman–Crippen MR) is 53.7 cm³/mol. The lowest BCUT2D eigenvalue weighted by Gasteiger charge is -2.25. The molecular weight excluding hydrogens is 160 g/mol. The Kier molecular flexibility index (Phi) is 2.65. The van der Waals surface area contributed by atoms with E-state index in [2.05, 4.69) is 24.3 Å². The van der Waals surface area contributed by atoms with Crippen LogP contribution >= 0.6 is 0 Å². The second kappa shape index (κ2) is 3.93. The molecule has 0 heterocycles. The average Bonchev–Trinajstić information content (AvgIpc) is 2.19. The van der Waals surface area contributed by atoms with Crippen molar-refractivity contribution in [3.8, 4) is 0 Å². The molecule has 0 bridgehead atoms. The van der Waals surface area contributed by atoms with Gasteiger partial charge in [0.2, 0.25) is 0 Å². The van der Waals surface area contributed by atoms with Gasteiger partial charge in [-0.2, -0.15) is 0 Å². The van der Waals surface area contributed by atoms with Gasteiger partial charge in [-0.1, -0.05) is 36.8 Å². The van der Waals surface area contributed by atoms with Crippen molar-refractivity contribution in [1.82, 2.24) is 0 Å². The predicted octanol–water partition coefficient (Wildman–Crippen LogP) is 2.71. The molecule has 13 heavy (non-hydrogen) atoms. The van der Waals surface area contributed by atoms with E-state index >= 15 is 0 Å². The van der Waals surface area contributed by atoms with Crippen molar-refractivity contribution in [2.24, 2.45) is 0 Å². The molecule has 0 amide bonds. The first-order valence-electron chi connectivity index (χ1n) is 5.09. The summed E-state index contributed by atoms with van der Waals surface area (Å²) in [6.45, 7) is 0. The summed E-state index contributed by atoms with van der Waals surface area (Å²) in [6, 6.07) is 10.5. The van der Waals surface area contributed by atoms with E-state index in [1.165, 1.54) is 18.4 Å². The zero-order chi connectivity index (χ0) is 9.10. The van der Waals surface area contributed by atoms with E-state index in [4.69, 9.17) is 0 Å². The molecule has 1 fully saturated rings. The van der Waals surface area contributed by atoms with Gasteiger partial charge in [-0.15, -0.1) is 0 Å². The molecule has 0 spiro atoms. The van der Waals surface area contributed by atoms with Crippen LogP contribution in [0.1, 0.15) is 37.2 Å². The van der Waals surface area contributed by atoms with Crippen LogP contribution in [0.5, 0.6) is 0 Å². The largest absolute Gasteiger partial charge is 0.393 e. The van der Waals surface area contributed by atoms with Gasteiger partial charge in [-0.25, -0.2) is 0 Å². The van der Waals surface area contributed by atoms with Crippen molar-refractivity contribution in [2.45, 2.75) is 37.7 Å². The van der Waals surface area contributed by atoms with E-state index < -0.39 is 0 Å². The van der Waals surface area contributed by atoms with Gasteiger partial charge in [0.1, 0.15) is 0 Å². The van der Waals surface area contributed by atoms with Crippen molar-refractivity contribution in [3.05, 3.63) is 35.9 Å². The molecule has 2 unspecified atom stereocenters. The Morgan fingerprint density at radius 3 is 2.54 bits per heavy atom. The standard InChI is InChI=1S/C12H16O/c13-12-8-4-7-11(9-12)10-5-2-1-3-6-10/h1-3,5-6,11-13H,4,7-9H2. The third kappa shape index (κ3) is 2.10. The van der Waals surface area contributed by atoms with Crippen molar-refractivity contribution < 1.29 is 5.11 Å². The highest BCUT2D eigenvalue weighted by Crippen LogP contribution is 2.32. The fourth-order valence-corrected chi connectivity index (χ4v) is 2.19. The lowest BCUT2D eigenvalue weighted by atomic mass is 9.83. The molecule has 1 aliphatic carbocycles. The highest BCUT2D eigenvalue weighted by Gasteiger charge is 2.20. The first-order valence-corrected chi connectivity index (χ1v) is 5.09. The maximum Gasteiger partial charge on any atom is 0.0546 e. The van der Waals surface area contributed by atoms with Crippen molar-refractivity contribution >= 4 is 0 Å². The highest BCUT2D eigenvalue weighted by molar-refractivity contribution is 5.20. The van der Waals surface area contributed by atoms with Crippen molar-refractivity contribution in [2.75, 3.05) is 0 Å². The molecule has 1 N–H and O–H groups in total. The van der Waals surface area contributed by atoms with E-state index in [-0.39, 0.29) is 6.10 Å². The van der Waals surface area contributed by atoms with E-state index in [0.29, 0.717) is 5.92 Å². The monoisotopic (exact) mass is 176 g/mol. The summed E-state index contributed by atoms with van der Waals surface area (Å²) < 4.78 is 0. The first-order chi connectivity index (χ1) is 6.36. The lowest BCUT2D eigenvalue weighted by molar-refractivity contribution is 0.119. The van der Waals surface area contributed by atoms with Gasteiger partial charge < -0.3 is 5.11 Å². The summed E-state index contributed by atoms with van der Waals surface area (Å²) in [5.74, 6) is 0.588. The molecule has 70 valence electrons. The fraction of sp³-hybridized carbons (Fsp3) is 0.500. The molecule has 1 heteroatoms. The minimum absolute atomic E-state index is 0.0704. The van der Waals surface area contributed by atoms with Crippen LogP contribution in [0.3, 0.4) is 0 Å². The maximum atomic E-state index is 9.54. The second-order valence-electron chi connectivity index (χ2n) is 3.93. The van der Waals surface area contributed by atoms with E-state index in [0.717, 1.165) is 12.8 Å². The number of aliphatic hydroxyl groups excluding tert-OH is 1. The number of benzene rings is 1. The normalized spacial score (nSPS) is 28.7. The zero-order valence-corrected chi connectivity index (χ0v) is 7.82. The summed E-state index contributed by atoms with van der Waals surface area (Å²) in [4.78, 5) is 0. The average molecular weight is 176 g/mol. The molecule has 1 nitrogen and oxygen atoms in total. The number of hydrogen-bond acceptors (Lipinski definition) is 1. The fourth-order valence-electron chi connectivity index (χ4n) is 2.19. The Labute approximate surface area is 79.4 Å². The molecule has 0 saturated heterocycles. The summed E-state index contributed by atoms with van der Waals surface area (Å²) in [6.07, 6.45) is 4.27. The van der Waals surface area contributed by atoms with Gasteiger partial charge in [0.05, 0.1) is 6.10 Å². The Morgan fingerprint density at radius 1 is 1.08 bits per heavy atom. The van der Waals surface area contributed by atoms with Crippen LogP contribution in [-0.2, 0) is 0 Å².